The monoisotopic (exact) mass is 300 g/mol. The van der Waals surface area contributed by atoms with Gasteiger partial charge in [-0.25, -0.2) is 13.4 Å². The van der Waals surface area contributed by atoms with Crippen molar-refractivity contribution in [2.75, 3.05) is 17.9 Å². The number of para-hydroxylation sites is 2. The second kappa shape index (κ2) is 5.92. The lowest BCUT2D eigenvalue weighted by molar-refractivity contribution is 0.590. The van der Waals surface area contributed by atoms with Gasteiger partial charge in [-0.05, 0) is 18.6 Å². The molecule has 1 heterocycles. The molecule has 0 saturated carbocycles. The number of alkyl halides is 1. The van der Waals surface area contributed by atoms with Gasteiger partial charge in [0.1, 0.15) is 15.7 Å². The molecule has 2 rings (SSSR count). The van der Waals surface area contributed by atoms with Crippen LogP contribution in [0.1, 0.15) is 12.2 Å². The molecule has 19 heavy (non-hydrogen) atoms. The van der Waals surface area contributed by atoms with E-state index < -0.39 is 9.84 Å². The molecular weight excluding hydrogens is 284 g/mol. The summed E-state index contributed by atoms with van der Waals surface area (Å²) in [5, 5.41) is 0. The van der Waals surface area contributed by atoms with Crippen molar-refractivity contribution in [3.05, 3.63) is 30.1 Å². The van der Waals surface area contributed by atoms with Crippen LogP contribution in [0.15, 0.2) is 24.3 Å². The van der Waals surface area contributed by atoms with Gasteiger partial charge >= 0.3 is 0 Å². The van der Waals surface area contributed by atoms with Gasteiger partial charge in [-0.3, -0.25) is 0 Å². The lowest BCUT2D eigenvalue weighted by Crippen LogP contribution is -2.10. The Morgan fingerprint density at radius 2 is 2.05 bits per heavy atom. The first kappa shape index (κ1) is 14.3. The van der Waals surface area contributed by atoms with E-state index >= 15 is 0 Å². The molecule has 0 aliphatic heterocycles. The van der Waals surface area contributed by atoms with Gasteiger partial charge in [-0.15, -0.1) is 11.6 Å². The third kappa shape index (κ3) is 3.70. The van der Waals surface area contributed by atoms with Crippen molar-refractivity contribution in [1.29, 1.82) is 0 Å². The summed E-state index contributed by atoms with van der Waals surface area (Å²) in [5.74, 6) is 1.62. The average Bonchev–Trinajstić information content (AvgIpc) is 2.67. The van der Waals surface area contributed by atoms with Crippen LogP contribution in [0.2, 0.25) is 0 Å². The lowest BCUT2D eigenvalue weighted by Gasteiger charge is -2.07. The van der Waals surface area contributed by atoms with Crippen LogP contribution in [-0.4, -0.2) is 35.9 Å². The van der Waals surface area contributed by atoms with Gasteiger partial charge in [-0.1, -0.05) is 12.1 Å². The number of aryl methyl sites for hydroxylation is 2. The van der Waals surface area contributed by atoms with E-state index in [1.165, 1.54) is 6.26 Å². The molecule has 1 aromatic heterocycles. The summed E-state index contributed by atoms with van der Waals surface area (Å²) in [4.78, 5) is 4.55. The molecule has 4 nitrogen and oxygen atoms in total. The normalized spacial score (nSPS) is 12.1. The molecule has 0 bridgehead atoms. The summed E-state index contributed by atoms with van der Waals surface area (Å²) in [5.41, 5.74) is 1.97. The second-order valence-corrected chi connectivity index (χ2v) is 7.23. The van der Waals surface area contributed by atoms with Crippen LogP contribution in [0, 0.1) is 0 Å². The van der Waals surface area contributed by atoms with Crippen molar-refractivity contribution in [2.45, 2.75) is 19.4 Å². The van der Waals surface area contributed by atoms with Crippen LogP contribution in [-0.2, 0) is 22.8 Å². The zero-order valence-corrected chi connectivity index (χ0v) is 12.4. The summed E-state index contributed by atoms with van der Waals surface area (Å²) >= 11 is 5.79. The highest BCUT2D eigenvalue weighted by atomic mass is 35.5. The third-order valence-electron chi connectivity index (χ3n) is 2.95. The van der Waals surface area contributed by atoms with E-state index in [2.05, 4.69) is 9.55 Å². The van der Waals surface area contributed by atoms with Crippen LogP contribution in [0.4, 0.5) is 0 Å². The smallest absolute Gasteiger partial charge is 0.147 e. The summed E-state index contributed by atoms with van der Waals surface area (Å²) in [7, 11) is -2.92. The topological polar surface area (TPSA) is 52.0 Å². The molecule has 6 heteroatoms. The quantitative estimate of drug-likeness (QED) is 0.769. The molecule has 0 radical (unpaired) electrons. The van der Waals surface area contributed by atoms with Crippen LogP contribution in [0.25, 0.3) is 11.0 Å². The van der Waals surface area contributed by atoms with Crippen molar-refractivity contribution in [2.24, 2.45) is 0 Å². The molecule has 2 aromatic rings. The van der Waals surface area contributed by atoms with Gasteiger partial charge < -0.3 is 4.57 Å². The Bertz CT molecular complexity index is 664. The van der Waals surface area contributed by atoms with E-state index in [1.807, 2.05) is 24.3 Å². The Kier molecular flexibility index (Phi) is 4.47. The van der Waals surface area contributed by atoms with Crippen molar-refractivity contribution in [1.82, 2.24) is 9.55 Å². The first-order valence-corrected chi connectivity index (χ1v) is 8.78. The van der Waals surface area contributed by atoms with Gasteiger partial charge in [0.15, 0.2) is 0 Å². The largest absolute Gasteiger partial charge is 0.328 e. The molecule has 1 aromatic carbocycles. The Morgan fingerprint density at radius 1 is 1.32 bits per heavy atom. The SMILES string of the molecule is CS(=O)(=O)CCCn1c(CCCl)nc2ccccc21. The lowest BCUT2D eigenvalue weighted by atomic mass is 10.3. The highest BCUT2D eigenvalue weighted by molar-refractivity contribution is 7.90. The number of rotatable bonds is 6. The number of hydrogen-bond donors (Lipinski definition) is 0. The minimum Gasteiger partial charge on any atom is -0.328 e. The third-order valence-corrected chi connectivity index (χ3v) is 4.17. The van der Waals surface area contributed by atoms with Crippen LogP contribution >= 0.6 is 11.6 Å². The maximum Gasteiger partial charge on any atom is 0.147 e. The van der Waals surface area contributed by atoms with E-state index in [-0.39, 0.29) is 5.75 Å². The summed E-state index contributed by atoms with van der Waals surface area (Å²) in [6.07, 6.45) is 2.54. The second-order valence-electron chi connectivity index (χ2n) is 4.59. The number of aromatic nitrogens is 2. The van der Waals surface area contributed by atoms with E-state index in [0.717, 1.165) is 16.9 Å². The fraction of sp³-hybridized carbons (Fsp3) is 0.462. The van der Waals surface area contributed by atoms with E-state index in [9.17, 15) is 8.42 Å². The molecule has 0 aliphatic rings. The van der Waals surface area contributed by atoms with Gasteiger partial charge in [0.05, 0.1) is 16.8 Å². The predicted molar refractivity (Wildman–Crippen MR) is 78.5 cm³/mol. The Labute approximate surface area is 118 Å². The number of sulfone groups is 1. The first-order chi connectivity index (χ1) is 9.01. The van der Waals surface area contributed by atoms with Crippen LogP contribution in [0.5, 0.6) is 0 Å². The van der Waals surface area contributed by atoms with Crippen molar-refractivity contribution in [3.63, 3.8) is 0 Å². The molecule has 0 unspecified atom stereocenters. The van der Waals surface area contributed by atoms with Crippen molar-refractivity contribution < 1.29 is 8.42 Å². The molecule has 0 atom stereocenters. The first-order valence-electron chi connectivity index (χ1n) is 6.19. The Morgan fingerprint density at radius 3 is 2.74 bits per heavy atom. The molecule has 0 saturated heterocycles. The minimum atomic E-state index is -2.92. The Balaban J connectivity index is 2.26. The van der Waals surface area contributed by atoms with Gasteiger partial charge in [0, 0.05) is 25.1 Å². The number of halogens is 1. The average molecular weight is 301 g/mol. The van der Waals surface area contributed by atoms with E-state index in [1.54, 1.807) is 0 Å². The van der Waals surface area contributed by atoms with Crippen molar-refractivity contribution in [3.8, 4) is 0 Å². The van der Waals surface area contributed by atoms with E-state index in [0.29, 0.717) is 25.3 Å². The van der Waals surface area contributed by atoms with Gasteiger partial charge in [-0.2, -0.15) is 0 Å². The van der Waals surface area contributed by atoms with Crippen LogP contribution < -0.4 is 0 Å². The zero-order chi connectivity index (χ0) is 13.9. The molecule has 0 amide bonds. The highest BCUT2D eigenvalue weighted by Gasteiger charge is 2.10. The number of fused-ring (bicyclic) bond motifs is 1. The molecular formula is C13H17ClN2O2S. The standard InChI is InChI=1S/C13H17ClN2O2S/c1-19(17,18)10-4-9-16-12-6-3-2-5-11(12)15-13(16)7-8-14/h2-3,5-6H,4,7-10H2,1H3. The highest BCUT2D eigenvalue weighted by Crippen LogP contribution is 2.17. The van der Waals surface area contributed by atoms with Gasteiger partial charge in [0.25, 0.3) is 0 Å². The summed E-state index contributed by atoms with van der Waals surface area (Å²) < 4.78 is 24.4. The van der Waals surface area contributed by atoms with Crippen molar-refractivity contribution >= 4 is 32.5 Å². The molecule has 0 fully saturated rings. The Hall–Kier alpha value is -1.07. The minimum absolute atomic E-state index is 0.194. The number of hydrogen-bond acceptors (Lipinski definition) is 3. The maximum atomic E-state index is 11.2. The van der Waals surface area contributed by atoms with Gasteiger partial charge in [0.2, 0.25) is 0 Å². The predicted octanol–water partition coefficient (Wildman–Crippen LogP) is 2.25. The zero-order valence-electron chi connectivity index (χ0n) is 10.8. The fourth-order valence-corrected chi connectivity index (χ4v) is 2.96. The molecule has 104 valence electrons. The summed E-state index contributed by atoms with van der Waals surface area (Å²) in [6, 6.07) is 7.86. The molecule has 0 aliphatic carbocycles. The fourth-order valence-electron chi connectivity index (χ4n) is 2.14. The molecule has 0 spiro atoms. The number of imidazole rings is 1. The number of nitrogens with zero attached hydrogens (tertiary/aromatic N) is 2. The van der Waals surface area contributed by atoms with Crippen LogP contribution in [0.3, 0.4) is 0 Å². The van der Waals surface area contributed by atoms with E-state index in [4.69, 9.17) is 11.6 Å². The summed E-state index contributed by atoms with van der Waals surface area (Å²) in [6.45, 7) is 0.653. The molecule has 0 N–H and O–H groups in total. The number of benzene rings is 1. The maximum absolute atomic E-state index is 11.2.